The number of rotatable bonds is 0. The van der Waals surface area contributed by atoms with Gasteiger partial charge in [-0.15, -0.1) is 0 Å². The molecule has 0 unspecified atom stereocenters. The van der Waals surface area contributed by atoms with E-state index in [-0.39, 0.29) is 24.6 Å². The number of aliphatic hydroxyl groups is 1. The van der Waals surface area contributed by atoms with Crippen molar-refractivity contribution < 1.29 is 19.3 Å². The van der Waals surface area contributed by atoms with Crippen molar-refractivity contribution in [3.8, 4) is 0 Å². The summed E-state index contributed by atoms with van der Waals surface area (Å²) < 4.78 is 15.6. The Labute approximate surface area is 57.7 Å². The molecule has 0 amide bonds. The van der Waals surface area contributed by atoms with Crippen LogP contribution < -0.4 is 0 Å². The minimum Gasteiger partial charge on any atom is -0.387 e. The minimum atomic E-state index is -0.469. The molecule has 0 aromatic rings. The van der Waals surface area contributed by atoms with E-state index in [2.05, 4.69) is 0 Å². The van der Waals surface area contributed by atoms with Gasteiger partial charge < -0.3 is 19.3 Å². The highest BCUT2D eigenvalue weighted by atomic mass is 16.8. The van der Waals surface area contributed by atoms with Crippen LogP contribution in [0.25, 0.3) is 0 Å². The normalized spacial score (nSPS) is 63.9. The van der Waals surface area contributed by atoms with E-state index < -0.39 is 6.10 Å². The Morgan fingerprint density at radius 3 is 3.00 bits per heavy atom. The molecule has 3 fully saturated rings. The van der Waals surface area contributed by atoms with Crippen LogP contribution in [-0.4, -0.2) is 42.4 Å². The molecule has 1 N–H and O–H groups in total. The summed E-state index contributed by atoms with van der Waals surface area (Å²) in [6.07, 6.45) is -0.809. The maximum absolute atomic E-state index is 9.38. The highest BCUT2D eigenvalue weighted by Gasteiger charge is 2.61. The predicted molar refractivity (Wildman–Crippen MR) is 29.3 cm³/mol. The molecule has 0 radical (unpaired) electrons. The number of epoxide rings is 1. The lowest BCUT2D eigenvalue weighted by Crippen LogP contribution is -2.39. The van der Waals surface area contributed by atoms with Crippen molar-refractivity contribution in [1.29, 1.82) is 0 Å². The van der Waals surface area contributed by atoms with Crippen molar-refractivity contribution in [3.63, 3.8) is 0 Å². The Kier molecular flexibility index (Phi) is 0.840. The molecule has 56 valence electrons. The van der Waals surface area contributed by atoms with Crippen LogP contribution in [-0.2, 0) is 14.2 Å². The third kappa shape index (κ3) is 0.509. The summed E-state index contributed by atoms with van der Waals surface area (Å²) in [6.45, 7) is 0.516. The lowest BCUT2D eigenvalue weighted by molar-refractivity contribution is -0.103. The maximum Gasteiger partial charge on any atom is 0.187 e. The lowest BCUT2D eigenvalue weighted by Gasteiger charge is -2.18. The van der Waals surface area contributed by atoms with Gasteiger partial charge in [0.25, 0.3) is 0 Å². The number of hydrogen-bond donors (Lipinski definition) is 1. The molecular weight excluding hydrogens is 136 g/mol. The van der Waals surface area contributed by atoms with Gasteiger partial charge in [0.1, 0.15) is 24.4 Å². The van der Waals surface area contributed by atoms with Gasteiger partial charge in [-0.3, -0.25) is 0 Å². The molecule has 3 aliphatic heterocycles. The highest BCUT2D eigenvalue weighted by Crippen LogP contribution is 2.41. The van der Waals surface area contributed by atoms with Gasteiger partial charge in [0.2, 0.25) is 0 Å². The summed E-state index contributed by atoms with van der Waals surface area (Å²) in [7, 11) is 0. The molecule has 10 heavy (non-hydrogen) atoms. The fourth-order valence-electron chi connectivity index (χ4n) is 1.63. The van der Waals surface area contributed by atoms with Gasteiger partial charge in [0, 0.05) is 0 Å². The summed E-state index contributed by atoms with van der Waals surface area (Å²) in [5, 5.41) is 9.38. The van der Waals surface area contributed by atoms with Crippen LogP contribution in [0.1, 0.15) is 0 Å². The summed E-state index contributed by atoms with van der Waals surface area (Å²) in [6, 6.07) is 0. The fourth-order valence-corrected chi connectivity index (χ4v) is 1.63. The molecule has 3 saturated heterocycles. The molecule has 0 saturated carbocycles. The Morgan fingerprint density at radius 1 is 1.20 bits per heavy atom. The van der Waals surface area contributed by atoms with E-state index in [1.54, 1.807) is 0 Å². The zero-order valence-electron chi connectivity index (χ0n) is 5.27. The average molecular weight is 144 g/mol. The number of ether oxygens (including phenoxy) is 3. The highest BCUT2D eigenvalue weighted by molar-refractivity contribution is 5.03. The van der Waals surface area contributed by atoms with Crippen LogP contribution in [0.4, 0.5) is 0 Å². The summed E-state index contributed by atoms with van der Waals surface area (Å²) in [5.41, 5.74) is 0. The van der Waals surface area contributed by atoms with E-state index >= 15 is 0 Å². The summed E-state index contributed by atoms with van der Waals surface area (Å²) in [5.74, 6) is 0. The van der Waals surface area contributed by atoms with Crippen LogP contribution in [0.15, 0.2) is 0 Å². The molecule has 0 aromatic heterocycles. The number of fused-ring (bicyclic) bond motifs is 4. The van der Waals surface area contributed by atoms with Gasteiger partial charge in [-0.05, 0) is 0 Å². The molecule has 5 atom stereocenters. The smallest absolute Gasteiger partial charge is 0.187 e. The third-order valence-electron chi connectivity index (χ3n) is 2.28. The molecule has 0 aromatic carbocycles. The van der Waals surface area contributed by atoms with Gasteiger partial charge >= 0.3 is 0 Å². The van der Waals surface area contributed by atoms with Crippen LogP contribution in [0.2, 0.25) is 0 Å². The summed E-state index contributed by atoms with van der Waals surface area (Å²) >= 11 is 0. The van der Waals surface area contributed by atoms with Crippen LogP contribution in [0.5, 0.6) is 0 Å². The molecule has 3 aliphatic rings. The number of hydrogen-bond acceptors (Lipinski definition) is 4. The van der Waals surface area contributed by atoms with Gasteiger partial charge in [0.15, 0.2) is 6.29 Å². The molecular formula is C6H8O4. The third-order valence-corrected chi connectivity index (χ3v) is 2.28. The summed E-state index contributed by atoms with van der Waals surface area (Å²) in [4.78, 5) is 0. The molecule has 2 bridgehead atoms. The van der Waals surface area contributed by atoms with Gasteiger partial charge in [0.05, 0.1) is 6.61 Å². The van der Waals surface area contributed by atoms with E-state index in [1.807, 2.05) is 0 Å². The maximum atomic E-state index is 9.38. The van der Waals surface area contributed by atoms with Gasteiger partial charge in [-0.1, -0.05) is 0 Å². The van der Waals surface area contributed by atoms with E-state index in [0.29, 0.717) is 6.61 Å². The Hall–Kier alpha value is -0.160. The lowest BCUT2D eigenvalue weighted by atomic mass is 10.1. The van der Waals surface area contributed by atoms with Crippen molar-refractivity contribution in [2.45, 2.75) is 30.7 Å². The second kappa shape index (κ2) is 1.53. The Bertz CT molecular complexity index is 169. The topological polar surface area (TPSA) is 51.2 Å². The molecule has 3 rings (SSSR count). The monoisotopic (exact) mass is 144 g/mol. The Morgan fingerprint density at radius 2 is 2.10 bits per heavy atom. The van der Waals surface area contributed by atoms with E-state index in [9.17, 15) is 5.11 Å². The van der Waals surface area contributed by atoms with Gasteiger partial charge in [-0.25, -0.2) is 0 Å². The molecule has 3 heterocycles. The average Bonchev–Trinajstić information content (AvgIpc) is 2.61. The second-order valence-electron chi connectivity index (χ2n) is 2.93. The number of aliphatic hydroxyl groups excluding tert-OH is 1. The van der Waals surface area contributed by atoms with Crippen LogP contribution >= 0.6 is 0 Å². The first-order valence-corrected chi connectivity index (χ1v) is 3.47. The first-order chi connectivity index (χ1) is 4.86. The first kappa shape index (κ1) is 5.49. The van der Waals surface area contributed by atoms with E-state index in [0.717, 1.165) is 0 Å². The van der Waals surface area contributed by atoms with Crippen molar-refractivity contribution in [1.82, 2.24) is 0 Å². The minimum absolute atomic E-state index is 0.00810. The zero-order valence-corrected chi connectivity index (χ0v) is 5.27. The molecule has 4 nitrogen and oxygen atoms in total. The standard InChI is InChI=1S/C6H8O4/c7-3-2-1-8-6(9-2)5-4(3)10-5/h2-7H,1H2/t2-,3-,4+,5-,6-/m1/s1. The largest absolute Gasteiger partial charge is 0.387 e. The predicted octanol–water partition coefficient (Wildman–Crippen LogP) is -1.13. The van der Waals surface area contributed by atoms with Crippen molar-refractivity contribution in [2.75, 3.05) is 6.61 Å². The van der Waals surface area contributed by atoms with Crippen LogP contribution in [0, 0.1) is 0 Å². The van der Waals surface area contributed by atoms with E-state index in [4.69, 9.17) is 14.2 Å². The second-order valence-corrected chi connectivity index (χ2v) is 2.93. The van der Waals surface area contributed by atoms with E-state index in [1.165, 1.54) is 0 Å². The van der Waals surface area contributed by atoms with Crippen molar-refractivity contribution >= 4 is 0 Å². The quantitative estimate of drug-likeness (QED) is 0.437. The first-order valence-electron chi connectivity index (χ1n) is 3.47. The van der Waals surface area contributed by atoms with Crippen LogP contribution in [0.3, 0.4) is 0 Å². The molecule has 0 spiro atoms. The van der Waals surface area contributed by atoms with Crippen molar-refractivity contribution in [2.24, 2.45) is 0 Å². The molecule has 4 heteroatoms. The fraction of sp³-hybridized carbons (Fsp3) is 1.00. The SMILES string of the molecule is O[C@H]1[C@@H]2O[C@H]2[C@@H]2OC[C@H]1O2. The molecule has 0 aliphatic carbocycles. The zero-order chi connectivity index (χ0) is 6.72. The Balaban J connectivity index is 1.91. The van der Waals surface area contributed by atoms with Crippen molar-refractivity contribution in [3.05, 3.63) is 0 Å². The van der Waals surface area contributed by atoms with Gasteiger partial charge in [-0.2, -0.15) is 0 Å².